The first-order valence-corrected chi connectivity index (χ1v) is 6.82. The van der Waals surface area contributed by atoms with Crippen LogP contribution in [0.25, 0.3) is 0 Å². The number of guanidine groups is 1. The normalized spacial score (nSPS) is 10.7. The van der Waals surface area contributed by atoms with Gasteiger partial charge in [-0.3, -0.25) is 4.99 Å². The molecule has 0 saturated heterocycles. The highest BCUT2D eigenvalue weighted by Gasteiger charge is 2.05. The van der Waals surface area contributed by atoms with E-state index >= 15 is 0 Å². The molecule has 0 aromatic carbocycles. The van der Waals surface area contributed by atoms with Gasteiger partial charge in [-0.15, -0.1) is 24.0 Å². The summed E-state index contributed by atoms with van der Waals surface area (Å²) in [4.78, 5) is 8.40. The topological polar surface area (TPSA) is 67.8 Å². The molecule has 0 aliphatic heterocycles. The van der Waals surface area contributed by atoms with E-state index in [1.54, 1.807) is 20.4 Å². The van der Waals surface area contributed by atoms with Gasteiger partial charge in [0.05, 0.1) is 6.61 Å². The molecule has 0 bridgehead atoms. The molecule has 1 aromatic heterocycles. The van der Waals surface area contributed by atoms with E-state index in [1.807, 2.05) is 12.1 Å². The van der Waals surface area contributed by atoms with Gasteiger partial charge in [0.2, 0.25) is 5.88 Å². The SMILES string of the molecule is CCCNC(=NC)NCc1cccnc1OCCOC.I. The summed E-state index contributed by atoms with van der Waals surface area (Å²) in [5, 5.41) is 6.46. The monoisotopic (exact) mass is 408 g/mol. The van der Waals surface area contributed by atoms with Crippen molar-refractivity contribution in [1.82, 2.24) is 15.6 Å². The molecule has 0 spiro atoms. The molecule has 0 aliphatic rings. The van der Waals surface area contributed by atoms with Gasteiger partial charge < -0.3 is 20.1 Å². The third kappa shape index (κ3) is 8.05. The van der Waals surface area contributed by atoms with E-state index in [1.165, 1.54) is 0 Å². The summed E-state index contributed by atoms with van der Waals surface area (Å²) in [7, 11) is 3.40. The maximum atomic E-state index is 5.59. The van der Waals surface area contributed by atoms with E-state index in [2.05, 4.69) is 27.5 Å². The predicted octanol–water partition coefficient (Wildman–Crippen LogP) is 1.80. The van der Waals surface area contributed by atoms with E-state index in [-0.39, 0.29) is 24.0 Å². The van der Waals surface area contributed by atoms with Gasteiger partial charge in [0.1, 0.15) is 6.61 Å². The fraction of sp³-hybridized carbons (Fsp3) is 0.571. The Morgan fingerprint density at radius 2 is 2.14 bits per heavy atom. The zero-order chi connectivity index (χ0) is 14.6. The van der Waals surface area contributed by atoms with E-state index in [0.29, 0.717) is 25.6 Å². The molecule has 0 radical (unpaired) electrons. The number of halogens is 1. The minimum absolute atomic E-state index is 0. The van der Waals surface area contributed by atoms with Crippen LogP contribution in [0.4, 0.5) is 0 Å². The van der Waals surface area contributed by atoms with Crippen molar-refractivity contribution >= 4 is 29.9 Å². The second-order valence-corrected chi connectivity index (χ2v) is 4.16. The average Bonchev–Trinajstić information content (AvgIpc) is 2.49. The van der Waals surface area contributed by atoms with Gasteiger partial charge in [-0.25, -0.2) is 4.98 Å². The van der Waals surface area contributed by atoms with Crippen LogP contribution in [0.2, 0.25) is 0 Å². The Hall–Kier alpha value is -1.09. The summed E-state index contributed by atoms with van der Waals surface area (Å²) in [6.45, 7) is 4.65. The smallest absolute Gasteiger partial charge is 0.218 e. The van der Waals surface area contributed by atoms with Gasteiger partial charge in [0.15, 0.2) is 5.96 Å². The first kappa shape index (κ1) is 19.9. The molecule has 120 valence electrons. The number of methoxy groups -OCH3 is 1. The summed E-state index contributed by atoms with van der Waals surface area (Å²) in [5.41, 5.74) is 0.989. The van der Waals surface area contributed by atoms with Crippen molar-refractivity contribution in [1.29, 1.82) is 0 Å². The van der Waals surface area contributed by atoms with Gasteiger partial charge in [0, 0.05) is 39.0 Å². The largest absolute Gasteiger partial charge is 0.475 e. The molecule has 0 aliphatic carbocycles. The molecule has 0 atom stereocenters. The van der Waals surface area contributed by atoms with Gasteiger partial charge in [-0.05, 0) is 12.5 Å². The third-order valence-electron chi connectivity index (χ3n) is 2.59. The van der Waals surface area contributed by atoms with Crippen molar-refractivity contribution in [2.75, 3.05) is 33.9 Å². The Balaban J connectivity index is 0.00000400. The number of hydrogen-bond donors (Lipinski definition) is 2. The van der Waals surface area contributed by atoms with Gasteiger partial charge in [-0.2, -0.15) is 0 Å². The van der Waals surface area contributed by atoms with Crippen LogP contribution in [0.15, 0.2) is 23.3 Å². The van der Waals surface area contributed by atoms with E-state index in [4.69, 9.17) is 9.47 Å². The summed E-state index contributed by atoms with van der Waals surface area (Å²) in [6.07, 6.45) is 2.77. The van der Waals surface area contributed by atoms with Crippen LogP contribution < -0.4 is 15.4 Å². The van der Waals surface area contributed by atoms with Crippen LogP contribution >= 0.6 is 24.0 Å². The lowest BCUT2D eigenvalue weighted by atomic mass is 10.2. The molecule has 0 fully saturated rings. The fourth-order valence-corrected chi connectivity index (χ4v) is 1.55. The number of pyridine rings is 1. The number of aliphatic imine (C=N–C) groups is 1. The lowest BCUT2D eigenvalue weighted by Gasteiger charge is -2.13. The fourth-order valence-electron chi connectivity index (χ4n) is 1.55. The maximum absolute atomic E-state index is 5.59. The molecule has 2 N–H and O–H groups in total. The van der Waals surface area contributed by atoms with Crippen molar-refractivity contribution in [3.63, 3.8) is 0 Å². The molecule has 1 rings (SSSR count). The highest BCUT2D eigenvalue weighted by molar-refractivity contribution is 14.0. The molecule has 7 heteroatoms. The number of nitrogens with zero attached hydrogens (tertiary/aromatic N) is 2. The van der Waals surface area contributed by atoms with Crippen molar-refractivity contribution in [2.24, 2.45) is 4.99 Å². The lowest BCUT2D eigenvalue weighted by Crippen LogP contribution is -2.37. The van der Waals surface area contributed by atoms with Crippen LogP contribution in [0.5, 0.6) is 5.88 Å². The first-order chi connectivity index (χ1) is 9.81. The summed E-state index contributed by atoms with van der Waals surface area (Å²) in [6, 6.07) is 3.87. The molecular weight excluding hydrogens is 383 g/mol. The Kier molecular flexibility index (Phi) is 12.0. The van der Waals surface area contributed by atoms with E-state index in [9.17, 15) is 0 Å². The molecule has 1 aromatic rings. The molecule has 21 heavy (non-hydrogen) atoms. The summed E-state index contributed by atoms with van der Waals surface area (Å²) < 4.78 is 10.6. The van der Waals surface area contributed by atoms with Crippen molar-refractivity contribution in [2.45, 2.75) is 19.9 Å². The molecule has 1 heterocycles. The molecule has 6 nitrogen and oxygen atoms in total. The Bertz CT molecular complexity index is 416. The highest BCUT2D eigenvalue weighted by Crippen LogP contribution is 2.13. The average molecular weight is 408 g/mol. The Morgan fingerprint density at radius 1 is 1.33 bits per heavy atom. The van der Waals surface area contributed by atoms with Crippen molar-refractivity contribution < 1.29 is 9.47 Å². The quantitative estimate of drug-likeness (QED) is 0.297. The zero-order valence-electron chi connectivity index (χ0n) is 12.9. The van der Waals surface area contributed by atoms with Crippen molar-refractivity contribution in [3.8, 4) is 5.88 Å². The van der Waals surface area contributed by atoms with E-state index in [0.717, 1.165) is 24.5 Å². The van der Waals surface area contributed by atoms with Crippen molar-refractivity contribution in [3.05, 3.63) is 23.9 Å². The first-order valence-electron chi connectivity index (χ1n) is 6.82. The lowest BCUT2D eigenvalue weighted by molar-refractivity contribution is 0.143. The number of aromatic nitrogens is 1. The standard InChI is InChI=1S/C14H24N4O2.HI/c1-4-7-17-14(15-2)18-11-12-6-5-8-16-13(12)20-10-9-19-3;/h5-6,8H,4,7,9-11H2,1-3H3,(H2,15,17,18);1H. The van der Waals surface area contributed by atoms with Gasteiger partial charge >= 0.3 is 0 Å². The van der Waals surface area contributed by atoms with Crippen LogP contribution in [0, 0.1) is 0 Å². The molecule has 0 unspecified atom stereocenters. The highest BCUT2D eigenvalue weighted by atomic mass is 127. The molecule has 0 saturated carbocycles. The minimum Gasteiger partial charge on any atom is -0.475 e. The second kappa shape index (κ2) is 12.6. The number of rotatable bonds is 8. The van der Waals surface area contributed by atoms with Crippen LogP contribution in [0.1, 0.15) is 18.9 Å². The third-order valence-corrected chi connectivity index (χ3v) is 2.59. The van der Waals surface area contributed by atoms with Crippen LogP contribution in [-0.4, -0.2) is 44.9 Å². The molecular formula is C14H25IN4O2. The van der Waals surface area contributed by atoms with Crippen LogP contribution in [0.3, 0.4) is 0 Å². The molecule has 0 amide bonds. The zero-order valence-corrected chi connectivity index (χ0v) is 15.2. The Labute approximate surface area is 143 Å². The Morgan fingerprint density at radius 3 is 2.81 bits per heavy atom. The van der Waals surface area contributed by atoms with Gasteiger partial charge in [0.25, 0.3) is 0 Å². The van der Waals surface area contributed by atoms with Gasteiger partial charge in [-0.1, -0.05) is 13.0 Å². The number of hydrogen-bond acceptors (Lipinski definition) is 4. The summed E-state index contributed by atoms with van der Waals surface area (Å²) >= 11 is 0. The number of nitrogens with one attached hydrogen (secondary N) is 2. The minimum atomic E-state index is 0. The number of ether oxygens (including phenoxy) is 2. The summed E-state index contributed by atoms with van der Waals surface area (Å²) in [5.74, 6) is 1.40. The maximum Gasteiger partial charge on any atom is 0.218 e. The predicted molar refractivity (Wildman–Crippen MR) is 95.5 cm³/mol. The van der Waals surface area contributed by atoms with Crippen LogP contribution in [-0.2, 0) is 11.3 Å². The van der Waals surface area contributed by atoms with E-state index < -0.39 is 0 Å². The second-order valence-electron chi connectivity index (χ2n) is 4.16.